The van der Waals surface area contributed by atoms with Crippen LogP contribution in [0.15, 0.2) is 12.1 Å². The fourth-order valence-electron chi connectivity index (χ4n) is 12.1. The summed E-state index contributed by atoms with van der Waals surface area (Å²) in [5.41, 5.74) is 0.118. The van der Waals surface area contributed by atoms with E-state index < -0.39 is 195 Å². The molecule has 15 atom stereocenters. The Morgan fingerprint density at radius 2 is 0.591 bits per heavy atom. The minimum Gasteiger partial charge on any atom is -0.487 e. The average molecular weight is 1650 g/mol. The summed E-state index contributed by atoms with van der Waals surface area (Å²) in [5.74, 6) is -8.69. The number of hydrogen-bond donors (Lipinski definition) is 5. The highest BCUT2D eigenvalue weighted by Crippen LogP contribution is 2.40. The Balaban J connectivity index is 1.25. The van der Waals surface area contributed by atoms with Crippen molar-refractivity contribution in [3.8, 4) is 17.2 Å². The molecule has 0 bridgehead atoms. The van der Waals surface area contributed by atoms with E-state index in [0.29, 0.717) is 25.7 Å². The molecule has 4 amide bonds. The van der Waals surface area contributed by atoms with E-state index in [2.05, 4.69) is 21.3 Å². The number of aliphatic hydroxyl groups is 1. The molecule has 4 aliphatic rings. The van der Waals surface area contributed by atoms with Crippen LogP contribution < -0.4 is 35.5 Å². The van der Waals surface area contributed by atoms with Crippen LogP contribution in [-0.2, 0) is 157 Å². The molecular formula is C73H110N4O38. The third kappa shape index (κ3) is 36.5. The first-order chi connectivity index (χ1) is 54.8. The van der Waals surface area contributed by atoms with Gasteiger partial charge >= 0.3 is 53.7 Å². The molecule has 3 heterocycles. The molecule has 1 aliphatic carbocycles. The third-order valence-corrected chi connectivity index (χ3v) is 16.6. The van der Waals surface area contributed by atoms with E-state index in [1.807, 2.05) is 0 Å². The van der Waals surface area contributed by atoms with Crippen molar-refractivity contribution in [2.75, 3.05) is 139 Å². The Bertz CT molecular complexity index is 3150. The quantitative estimate of drug-likeness (QED) is 0.0296. The number of carbonyl (C=O) groups excluding carboxylic acids is 13. The summed E-state index contributed by atoms with van der Waals surface area (Å²) >= 11 is 0. The maximum Gasteiger partial charge on any atom is 0.303 e. The molecule has 1 aromatic rings. The van der Waals surface area contributed by atoms with Gasteiger partial charge in [-0.1, -0.05) is 0 Å². The van der Waals surface area contributed by atoms with E-state index in [1.165, 1.54) is 32.9 Å². The van der Waals surface area contributed by atoms with Crippen molar-refractivity contribution in [1.82, 2.24) is 21.3 Å². The van der Waals surface area contributed by atoms with Gasteiger partial charge in [0.05, 0.1) is 105 Å². The standard InChI is InChI=1S/C73H110N4O38/c1-40(78)74-60-67(110-49(10)87)64(107-46(7)84)57(37-104-43(4)81)113-71(60)101-32-26-95-20-17-92-23-29-98-55-35-52(70(91)77-53-13-15-54(90)16-14-53)36-56(99-30-24-93-18-21-96-27-33-102-72-61(75-41(2)79)68(111-50(11)88)65(108-47(8)85)58(114-72)38-105-44(5)82)63(55)100-31-25-94-19-22-97-28-34-103-73-62(76-42(3)80)69(112-51(12)89)66(109-48(9)86)59(115-73)39-106-45(6)83/h35-36,53-54,57-62,64-69,71-73,90H,13-34,37-39H2,1-12H3,(H,74,78)(H,75,79)(H,76,80)(H,77,91)/t53?,54?,57-,58-,59-,60-,61-,62-,64+,65+,66+,67-,68-,69-,71-,72-,73-/m1/s1. The summed E-state index contributed by atoms with van der Waals surface area (Å²) in [6, 6.07) is -0.917. The summed E-state index contributed by atoms with van der Waals surface area (Å²) in [7, 11) is 0. The van der Waals surface area contributed by atoms with Gasteiger partial charge in [0, 0.05) is 94.7 Å². The normalized spacial score (nSPS) is 25.0. The van der Waals surface area contributed by atoms with Crippen molar-refractivity contribution in [2.45, 2.75) is 213 Å². The van der Waals surface area contributed by atoms with Crippen molar-refractivity contribution in [1.29, 1.82) is 0 Å². The van der Waals surface area contributed by atoms with Gasteiger partial charge in [-0.25, -0.2) is 0 Å². The van der Waals surface area contributed by atoms with Crippen LogP contribution in [0.25, 0.3) is 0 Å². The van der Waals surface area contributed by atoms with Crippen molar-refractivity contribution in [2.24, 2.45) is 0 Å². The van der Waals surface area contributed by atoms with Gasteiger partial charge in [-0.05, 0) is 37.8 Å². The number of amides is 4. The number of nitrogens with one attached hydrogen (secondary N) is 4. The lowest BCUT2D eigenvalue weighted by molar-refractivity contribution is -0.279. The molecule has 0 radical (unpaired) electrons. The molecule has 1 aromatic carbocycles. The number of aliphatic hydroxyl groups excluding tert-OH is 1. The Morgan fingerprint density at radius 1 is 0.330 bits per heavy atom. The molecule has 650 valence electrons. The average Bonchev–Trinajstić information content (AvgIpc) is 0.799. The highest BCUT2D eigenvalue weighted by atomic mass is 16.7. The van der Waals surface area contributed by atoms with E-state index in [9.17, 15) is 67.4 Å². The van der Waals surface area contributed by atoms with Crippen LogP contribution in [0.1, 0.15) is 119 Å². The minimum atomic E-state index is -1.33. The minimum absolute atomic E-state index is 0.0283. The second-order valence-corrected chi connectivity index (χ2v) is 26.3. The zero-order chi connectivity index (χ0) is 84.5. The van der Waals surface area contributed by atoms with Gasteiger partial charge < -0.3 is 140 Å². The highest BCUT2D eigenvalue weighted by Gasteiger charge is 2.54. The molecule has 0 spiro atoms. The number of rotatable bonds is 50. The van der Waals surface area contributed by atoms with Gasteiger partial charge in [-0.2, -0.15) is 0 Å². The fraction of sp³-hybridized carbons (Fsp3) is 0.740. The molecule has 3 saturated heterocycles. The van der Waals surface area contributed by atoms with Crippen molar-refractivity contribution in [3.05, 3.63) is 17.7 Å². The molecule has 4 fully saturated rings. The molecular weight excluding hydrogens is 1540 g/mol. The van der Waals surface area contributed by atoms with E-state index in [1.54, 1.807) is 0 Å². The summed E-state index contributed by atoms with van der Waals surface area (Å²) in [6.07, 6.45) is -14.0. The summed E-state index contributed by atoms with van der Waals surface area (Å²) < 4.78 is 138. The molecule has 3 aliphatic heterocycles. The number of carbonyl (C=O) groups is 13. The largest absolute Gasteiger partial charge is 0.487 e. The number of hydrogen-bond acceptors (Lipinski definition) is 38. The second-order valence-electron chi connectivity index (χ2n) is 26.3. The van der Waals surface area contributed by atoms with Gasteiger partial charge in [0.15, 0.2) is 67.0 Å². The Hall–Kier alpha value is -8.79. The van der Waals surface area contributed by atoms with Gasteiger partial charge in [-0.15, -0.1) is 0 Å². The first-order valence-electron chi connectivity index (χ1n) is 37.4. The molecule has 1 saturated carbocycles. The van der Waals surface area contributed by atoms with E-state index in [-0.39, 0.29) is 148 Å². The smallest absolute Gasteiger partial charge is 0.303 e. The lowest BCUT2D eigenvalue weighted by Gasteiger charge is -2.44. The highest BCUT2D eigenvalue weighted by molar-refractivity contribution is 5.96. The Labute approximate surface area is 664 Å². The lowest BCUT2D eigenvalue weighted by Crippen LogP contribution is -2.66. The van der Waals surface area contributed by atoms with E-state index in [4.69, 9.17) is 114 Å². The predicted octanol–water partition coefficient (Wildman–Crippen LogP) is -1.03. The third-order valence-electron chi connectivity index (χ3n) is 16.6. The van der Waals surface area contributed by atoms with Gasteiger partial charge in [0.25, 0.3) is 5.91 Å². The Morgan fingerprint density at radius 3 is 0.861 bits per heavy atom. The molecule has 0 aromatic heterocycles. The molecule has 0 unspecified atom stereocenters. The predicted molar refractivity (Wildman–Crippen MR) is 383 cm³/mol. The lowest BCUT2D eigenvalue weighted by atomic mass is 9.93. The van der Waals surface area contributed by atoms with E-state index >= 15 is 0 Å². The molecule has 42 heteroatoms. The Kier molecular flexibility index (Phi) is 43.8. The maximum atomic E-state index is 14.1. The van der Waals surface area contributed by atoms with E-state index in [0.717, 1.165) is 62.3 Å². The first-order valence-corrected chi connectivity index (χ1v) is 37.4. The topological polar surface area (TPSA) is 512 Å². The van der Waals surface area contributed by atoms with Crippen LogP contribution in [0.5, 0.6) is 17.2 Å². The number of esters is 9. The molecule has 42 nitrogen and oxygen atoms in total. The SMILES string of the molecule is CC(=O)N[C@H]1[C@H](OCCOCCOCCOc2cc(C(=O)NC3CCC(O)CC3)cc(OCCOCCOCCO[C@@H]3O[C@H](COC(C)=O)[C@H](OC(C)=O)[C@H](OC(C)=O)[C@H]3NC(C)=O)c2OCCOCCOCCO[C@@H]2O[C@H](COC(C)=O)[C@H](OC(C)=O)[C@H](OC(C)=O)[C@H]2NC(C)=O)O[C@H](COC(C)=O)[C@H](OC(C)=O)[C@@H]1OC(C)=O. The van der Waals surface area contributed by atoms with Gasteiger partial charge in [0.1, 0.15) is 76.1 Å². The van der Waals surface area contributed by atoms with Crippen LogP contribution in [0.4, 0.5) is 0 Å². The zero-order valence-corrected chi connectivity index (χ0v) is 66.7. The van der Waals surface area contributed by atoms with Crippen LogP contribution >= 0.6 is 0 Å². The van der Waals surface area contributed by atoms with Crippen LogP contribution in [-0.4, -0.2) is 325 Å². The fourth-order valence-corrected chi connectivity index (χ4v) is 12.1. The number of benzene rings is 1. The van der Waals surface area contributed by atoms with Crippen LogP contribution in [0.3, 0.4) is 0 Å². The van der Waals surface area contributed by atoms with Crippen molar-refractivity contribution < 1.29 is 181 Å². The summed E-state index contributed by atoms with van der Waals surface area (Å²) in [5, 5.41) is 21.1. The molecule has 115 heavy (non-hydrogen) atoms. The van der Waals surface area contributed by atoms with Gasteiger partial charge in [-0.3, -0.25) is 62.3 Å². The maximum absolute atomic E-state index is 14.1. The van der Waals surface area contributed by atoms with Crippen molar-refractivity contribution >= 4 is 77.4 Å². The number of ether oxygens (including phenoxy) is 24. The zero-order valence-electron chi connectivity index (χ0n) is 66.7. The van der Waals surface area contributed by atoms with Crippen molar-refractivity contribution in [3.63, 3.8) is 0 Å². The van der Waals surface area contributed by atoms with Gasteiger partial charge in [0.2, 0.25) is 23.5 Å². The first kappa shape index (κ1) is 96.8. The monoisotopic (exact) mass is 1650 g/mol. The molecule has 5 rings (SSSR count). The second kappa shape index (κ2) is 52.0. The summed E-state index contributed by atoms with van der Waals surface area (Å²) in [4.78, 5) is 160. The molecule has 5 N–H and O–H groups in total. The van der Waals surface area contributed by atoms with Crippen LogP contribution in [0.2, 0.25) is 0 Å². The summed E-state index contributed by atoms with van der Waals surface area (Å²) in [6.45, 7) is 11.6. The van der Waals surface area contributed by atoms with Crippen LogP contribution in [0, 0.1) is 0 Å².